The average Bonchev–Trinajstić information content (AvgIpc) is 2.57. The van der Waals surface area contributed by atoms with E-state index in [1.807, 2.05) is 0 Å². The number of nitrogens with zero attached hydrogens (tertiary/aromatic N) is 1. The van der Waals surface area contributed by atoms with E-state index in [-0.39, 0.29) is 12.4 Å². The van der Waals surface area contributed by atoms with Gasteiger partial charge < -0.3 is 5.11 Å². The molecule has 0 amide bonds. The van der Waals surface area contributed by atoms with Gasteiger partial charge in [-0.05, 0) is 42.6 Å². The summed E-state index contributed by atoms with van der Waals surface area (Å²) in [6.45, 7) is 0.167. The van der Waals surface area contributed by atoms with Gasteiger partial charge in [0.2, 0.25) is 0 Å². The van der Waals surface area contributed by atoms with Crippen molar-refractivity contribution in [3.8, 4) is 0 Å². The summed E-state index contributed by atoms with van der Waals surface area (Å²) in [6.07, 6.45) is 1.46. The molecule has 14 heavy (non-hydrogen) atoms. The Morgan fingerprint density at radius 1 is 1.43 bits per heavy atom. The number of aryl methyl sites for hydroxylation is 1. The Morgan fingerprint density at radius 2 is 2.29 bits per heavy atom. The molecular weight excluding hydrogens is 201 g/mol. The normalized spacial score (nSPS) is 11.0. The highest BCUT2D eigenvalue weighted by Gasteiger charge is 2.05. The third-order valence-corrected chi connectivity index (χ3v) is 2.93. The molecule has 1 heterocycles. The zero-order chi connectivity index (χ0) is 9.97. The van der Waals surface area contributed by atoms with Crippen molar-refractivity contribution in [1.82, 2.24) is 4.37 Å². The van der Waals surface area contributed by atoms with Crippen molar-refractivity contribution in [1.29, 1.82) is 0 Å². The van der Waals surface area contributed by atoms with E-state index < -0.39 is 0 Å². The summed E-state index contributed by atoms with van der Waals surface area (Å²) in [6, 6.07) is 4.69. The molecular formula is C10H10FNOS. The maximum absolute atomic E-state index is 12.8. The zero-order valence-corrected chi connectivity index (χ0v) is 8.35. The van der Waals surface area contributed by atoms with Crippen LogP contribution in [0.1, 0.15) is 12.1 Å². The van der Waals surface area contributed by atoms with Crippen LogP contribution in [0.2, 0.25) is 0 Å². The van der Waals surface area contributed by atoms with Crippen LogP contribution in [-0.2, 0) is 6.42 Å². The number of aliphatic hydroxyl groups excluding tert-OH is 1. The van der Waals surface area contributed by atoms with Crippen molar-refractivity contribution < 1.29 is 9.50 Å². The van der Waals surface area contributed by atoms with Crippen molar-refractivity contribution >= 4 is 21.6 Å². The lowest BCUT2D eigenvalue weighted by Crippen LogP contribution is -1.89. The average molecular weight is 211 g/mol. The Hall–Kier alpha value is -1.00. The SMILES string of the molecule is OCCCc1nsc2cc(F)ccc12. The number of aromatic nitrogens is 1. The molecule has 0 bridgehead atoms. The van der Waals surface area contributed by atoms with Gasteiger partial charge in [0.25, 0.3) is 0 Å². The van der Waals surface area contributed by atoms with Crippen LogP contribution in [0.4, 0.5) is 4.39 Å². The molecule has 0 saturated heterocycles. The Morgan fingerprint density at radius 3 is 3.07 bits per heavy atom. The molecule has 0 aliphatic rings. The van der Waals surface area contributed by atoms with Crippen molar-refractivity contribution in [3.05, 3.63) is 29.7 Å². The van der Waals surface area contributed by atoms with Crippen molar-refractivity contribution in [2.45, 2.75) is 12.8 Å². The zero-order valence-electron chi connectivity index (χ0n) is 7.53. The molecule has 1 N–H and O–H groups in total. The van der Waals surface area contributed by atoms with E-state index in [9.17, 15) is 4.39 Å². The molecule has 0 radical (unpaired) electrons. The minimum Gasteiger partial charge on any atom is -0.396 e. The largest absolute Gasteiger partial charge is 0.396 e. The summed E-state index contributed by atoms with van der Waals surface area (Å²) in [5, 5.41) is 9.70. The highest BCUT2D eigenvalue weighted by Crippen LogP contribution is 2.24. The van der Waals surface area contributed by atoms with E-state index in [0.717, 1.165) is 22.2 Å². The van der Waals surface area contributed by atoms with Crippen LogP contribution < -0.4 is 0 Å². The van der Waals surface area contributed by atoms with Gasteiger partial charge in [0, 0.05) is 12.0 Å². The minimum absolute atomic E-state index is 0.167. The van der Waals surface area contributed by atoms with Gasteiger partial charge >= 0.3 is 0 Å². The van der Waals surface area contributed by atoms with E-state index >= 15 is 0 Å². The topological polar surface area (TPSA) is 33.1 Å². The number of aliphatic hydroxyl groups is 1. The van der Waals surface area contributed by atoms with E-state index in [0.29, 0.717) is 6.42 Å². The Kier molecular flexibility index (Phi) is 2.74. The highest BCUT2D eigenvalue weighted by molar-refractivity contribution is 7.13. The fraction of sp³-hybridized carbons (Fsp3) is 0.300. The summed E-state index contributed by atoms with van der Waals surface area (Å²) in [5.41, 5.74) is 0.957. The third kappa shape index (κ3) is 1.76. The number of hydrogen-bond acceptors (Lipinski definition) is 3. The van der Waals surface area contributed by atoms with E-state index in [1.165, 1.54) is 23.7 Å². The van der Waals surface area contributed by atoms with Gasteiger partial charge in [-0.3, -0.25) is 0 Å². The Bertz CT molecular complexity index is 441. The molecule has 0 saturated carbocycles. The van der Waals surface area contributed by atoms with Gasteiger partial charge in [0.05, 0.1) is 10.4 Å². The van der Waals surface area contributed by atoms with E-state index in [4.69, 9.17) is 5.11 Å². The highest BCUT2D eigenvalue weighted by atomic mass is 32.1. The maximum atomic E-state index is 12.8. The molecule has 0 spiro atoms. The molecule has 74 valence electrons. The Labute approximate surface area is 85.2 Å². The number of halogens is 1. The summed E-state index contributed by atoms with van der Waals surface area (Å²) in [5.74, 6) is -0.227. The van der Waals surface area contributed by atoms with Crippen molar-refractivity contribution in [2.75, 3.05) is 6.61 Å². The first-order chi connectivity index (χ1) is 6.81. The molecule has 0 unspecified atom stereocenters. The number of benzene rings is 1. The molecule has 0 aliphatic heterocycles. The predicted molar refractivity (Wildman–Crippen MR) is 55.0 cm³/mol. The fourth-order valence-corrected chi connectivity index (χ4v) is 2.24. The van der Waals surface area contributed by atoms with Crippen LogP contribution in [0, 0.1) is 5.82 Å². The van der Waals surface area contributed by atoms with Crippen molar-refractivity contribution in [3.63, 3.8) is 0 Å². The number of hydrogen-bond donors (Lipinski definition) is 1. The Balaban J connectivity index is 2.37. The molecule has 1 aromatic heterocycles. The van der Waals surface area contributed by atoms with Gasteiger partial charge in [0.1, 0.15) is 5.82 Å². The lowest BCUT2D eigenvalue weighted by atomic mass is 10.1. The molecule has 1 aromatic carbocycles. The second kappa shape index (κ2) is 4.02. The van der Waals surface area contributed by atoms with E-state index in [1.54, 1.807) is 6.07 Å². The number of fused-ring (bicyclic) bond motifs is 1. The third-order valence-electron chi connectivity index (χ3n) is 2.08. The van der Waals surface area contributed by atoms with Gasteiger partial charge in [-0.2, -0.15) is 4.37 Å². The van der Waals surface area contributed by atoms with Gasteiger partial charge in [-0.1, -0.05) is 0 Å². The predicted octanol–water partition coefficient (Wildman–Crippen LogP) is 2.36. The first-order valence-electron chi connectivity index (χ1n) is 4.46. The maximum Gasteiger partial charge on any atom is 0.124 e. The first kappa shape index (κ1) is 9.55. The van der Waals surface area contributed by atoms with Gasteiger partial charge in [-0.25, -0.2) is 4.39 Å². The second-order valence-electron chi connectivity index (χ2n) is 3.10. The van der Waals surface area contributed by atoms with Crippen LogP contribution in [0.5, 0.6) is 0 Å². The lowest BCUT2D eigenvalue weighted by Gasteiger charge is -1.94. The molecule has 2 aromatic rings. The molecule has 4 heteroatoms. The molecule has 2 rings (SSSR count). The van der Waals surface area contributed by atoms with Crippen LogP contribution in [0.3, 0.4) is 0 Å². The number of rotatable bonds is 3. The van der Waals surface area contributed by atoms with Crippen molar-refractivity contribution in [2.24, 2.45) is 0 Å². The van der Waals surface area contributed by atoms with Crippen LogP contribution in [-0.4, -0.2) is 16.1 Å². The monoisotopic (exact) mass is 211 g/mol. The molecule has 0 aliphatic carbocycles. The summed E-state index contributed by atoms with van der Waals surface area (Å²) in [7, 11) is 0. The summed E-state index contributed by atoms with van der Waals surface area (Å²) in [4.78, 5) is 0. The minimum atomic E-state index is -0.227. The molecule has 0 fully saturated rings. The summed E-state index contributed by atoms with van der Waals surface area (Å²) >= 11 is 1.31. The lowest BCUT2D eigenvalue weighted by molar-refractivity contribution is 0.288. The standard InChI is InChI=1S/C10H10FNOS/c11-7-3-4-8-9(2-1-5-13)12-14-10(8)6-7/h3-4,6,13H,1-2,5H2. The second-order valence-corrected chi connectivity index (χ2v) is 3.90. The van der Waals surface area contributed by atoms with Gasteiger partial charge in [-0.15, -0.1) is 0 Å². The van der Waals surface area contributed by atoms with E-state index in [2.05, 4.69) is 4.37 Å². The smallest absolute Gasteiger partial charge is 0.124 e. The van der Waals surface area contributed by atoms with Crippen LogP contribution in [0.15, 0.2) is 18.2 Å². The van der Waals surface area contributed by atoms with Crippen LogP contribution >= 0.6 is 11.5 Å². The fourth-order valence-electron chi connectivity index (χ4n) is 1.39. The van der Waals surface area contributed by atoms with Gasteiger partial charge in [0.15, 0.2) is 0 Å². The van der Waals surface area contributed by atoms with Crippen LogP contribution in [0.25, 0.3) is 10.1 Å². The molecule has 0 atom stereocenters. The quantitative estimate of drug-likeness (QED) is 0.845. The first-order valence-corrected chi connectivity index (χ1v) is 5.23. The molecule has 2 nitrogen and oxygen atoms in total. The summed E-state index contributed by atoms with van der Waals surface area (Å²) < 4.78 is 17.9.